The van der Waals surface area contributed by atoms with Crippen molar-refractivity contribution in [3.8, 4) is 0 Å². The first kappa shape index (κ1) is 17.2. The van der Waals surface area contributed by atoms with Crippen LogP contribution in [0.15, 0.2) is 48.7 Å². The van der Waals surface area contributed by atoms with Crippen LogP contribution in [-0.4, -0.2) is 10.2 Å². The van der Waals surface area contributed by atoms with Gasteiger partial charge in [0.15, 0.2) is 0 Å². The fourth-order valence-corrected chi connectivity index (χ4v) is 2.80. The van der Waals surface area contributed by atoms with E-state index in [1.165, 1.54) is 12.3 Å². The summed E-state index contributed by atoms with van der Waals surface area (Å²) in [6.07, 6.45) is -3.22. The van der Waals surface area contributed by atoms with Crippen LogP contribution in [0.4, 0.5) is 24.5 Å². The molecule has 0 aliphatic rings. The van der Waals surface area contributed by atoms with Crippen LogP contribution in [0.2, 0.25) is 0 Å². The van der Waals surface area contributed by atoms with Crippen LogP contribution in [0, 0.1) is 6.92 Å². The minimum absolute atomic E-state index is 0.160. The molecule has 0 radical (unpaired) electrons. The summed E-state index contributed by atoms with van der Waals surface area (Å²) in [5.41, 5.74) is 0.874. The maximum Gasteiger partial charge on any atom is 0.418 e. The molecule has 0 unspecified atom stereocenters. The monoisotopic (exact) mass is 364 g/mol. The summed E-state index contributed by atoms with van der Waals surface area (Å²) < 4.78 is 39.6. The number of pyridine rings is 1. The summed E-state index contributed by atoms with van der Waals surface area (Å²) in [5, 5.41) is 2.68. The smallest absolute Gasteiger partial charge is 0.354 e. The van der Waals surface area contributed by atoms with Gasteiger partial charge in [-0.1, -0.05) is 24.3 Å². The van der Waals surface area contributed by atoms with Gasteiger partial charge in [-0.15, -0.1) is 0 Å². The van der Waals surface area contributed by atoms with Gasteiger partial charge in [0.2, 0.25) is 0 Å². The van der Waals surface area contributed by atoms with E-state index in [2.05, 4.69) is 10.3 Å². The Kier molecular flexibility index (Phi) is 4.39. The lowest BCUT2D eigenvalue weighted by Crippen LogP contribution is -2.07. The van der Waals surface area contributed by atoms with Gasteiger partial charge < -0.3 is 5.32 Å². The zero-order valence-corrected chi connectivity index (χ0v) is 13.7. The number of para-hydroxylation sites is 2. The summed E-state index contributed by atoms with van der Waals surface area (Å²) in [5.74, 6) is 0. The quantitative estimate of drug-likeness (QED) is 0.607. The van der Waals surface area contributed by atoms with Crippen molar-refractivity contribution in [1.29, 1.82) is 0 Å². The number of rotatable bonds is 3. The average Bonchev–Trinajstić information content (AvgIpc) is 2.55. The van der Waals surface area contributed by atoms with Gasteiger partial charge >= 0.3 is 6.18 Å². The highest BCUT2D eigenvalue weighted by Gasteiger charge is 2.33. The Labute approximate surface area is 146 Å². The predicted octanol–water partition coefficient (Wildman–Crippen LogP) is 5.68. The lowest BCUT2D eigenvalue weighted by Gasteiger charge is -2.16. The molecule has 0 amide bonds. The summed E-state index contributed by atoms with van der Waals surface area (Å²) in [6, 6.07) is 10.4. The number of aromatic nitrogens is 1. The van der Waals surface area contributed by atoms with E-state index in [0.29, 0.717) is 16.8 Å². The Morgan fingerprint density at radius 1 is 1.12 bits per heavy atom. The van der Waals surface area contributed by atoms with E-state index in [9.17, 15) is 18.0 Å². The predicted molar refractivity (Wildman–Crippen MR) is 91.4 cm³/mol. The zero-order chi connectivity index (χ0) is 18.2. The zero-order valence-electron chi connectivity index (χ0n) is 13.0. The summed E-state index contributed by atoms with van der Waals surface area (Å²) in [6.45, 7) is 1.77. The molecule has 0 saturated heterocycles. The Hall–Kier alpha value is -2.60. The number of fused-ring (bicyclic) bond motifs is 1. The Morgan fingerprint density at radius 2 is 1.84 bits per heavy atom. The lowest BCUT2D eigenvalue weighted by atomic mass is 10.1. The third-order valence-corrected chi connectivity index (χ3v) is 4.02. The number of alkyl halides is 3. The molecule has 1 N–H and O–H groups in total. The molecule has 1 aromatic heterocycles. The number of carbonyl (C=O) groups excluding carboxylic acids is 1. The maximum atomic E-state index is 13.2. The van der Waals surface area contributed by atoms with Crippen LogP contribution in [0.3, 0.4) is 0 Å². The molecule has 0 bridgehead atoms. The van der Waals surface area contributed by atoms with Crippen LogP contribution in [0.5, 0.6) is 0 Å². The molecule has 25 heavy (non-hydrogen) atoms. The number of carbonyl (C=O) groups is 1. The molecule has 0 spiro atoms. The maximum absolute atomic E-state index is 13.2. The van der Waals surface area contributed by atoms with Crippen molar-refractivity contribution in [2.45, 2.75) is 13.1 Å². The highest BCUT2D eigenvalue weighted by Crippen LogP contribution is 2.37. The second-order valence-electron chi connectivity index (χ2n) is 5.45. The second kappa shape index (κ2) is 6.37. The number of nitrogens with zero attached hydrogens (tertiary/aromatic N) is 1. The van der Waals surface area contributed by atoms with Crippen LogP contribution in [0.25, 0.3) is 10.9 Å². The molecular weight excluding hydrogens is 353 g/mol. The molecule has 128 valence electrons. The first-order valence-electron chi connectivity index (χ1n) is 7.30. The Balaban J connectivity index is 2.18. The van der Waals surface area contributed by atoms with Gasteiger partial charge in [-0.25, -0.2) is 0 Å². The first-order valence-corrected chi connectivity index (χ1v) is 7.68. The normalized spacial score (nSPS) is 11.6. The van der Waals surface area contributed by atoms with Crippen molar-refractivity contribution in [3.63, 3.8) is 0 Å². The molecule has 3 nitrogen and oxygen atoms in total. The summed E-state index contributed by atoms with van der Waals surface area (Å²) in [4.78, 5) is 15.5. The molecule has 3 rings (SSSR count). The van der Waals surface area contributed by atoms with Gasteiger partial charge in [-0.2, -0.15) is 13.2 Å². The van der Waals surface area contributed by atoms with Gasteiger partial charge in [0.1, 0.15) is 0 Å². The number of hydrogen-bond acceptors (Lipinski definition) is 3. The molecule has 7 heteroatoms. The van der Waals surface area contributed by atoms with Crippen molar-refractivity contribution in [3.05, 3.63) is 65.4 Å². The van der Waals surface area contributed by atoms with E-state index in [-0.39, 0.29) is 11.1 Å². The number of halogens is 4. The van der Waals surface area contributed by atoms with Crippen LogP contribution < -0.4 is 5.32 Å². The summed E-state index contributed by atoms with van der Waals surface area (Å²) >= 11 is 5.61. The fraction of sp³-hybridized carbons (Fsp3) is 0.111. The highest BCUT2D eigenvalue weighted by atomic mass is 35.5. The van der Waals surface area contributed by atoms with E-state index in [0.717, 1.165) is 11.6 Å². The number of aryl methyl sites for hydroxylation is 1. The molecule has 2 aromatic carbocycles. The third-order valence-electron chi connectivity index (χ3n) is 3.82. The van der Waals surface area contributed by atoms with Gasteiger partial charge in [-0.3, -0.25) is 9.78 Å². The third kappa shape index (κ3) is 3.30. The Morgan fingerprint density at radius 3 is 2.52 bits per heavy atom. The van der Waals surface area contributed by atoms with Gasteiger partial charge in [0.25, 0.3) is 5.24 Å². The van der Waals surface area contributed by atoms with Gasteiger partial charge in [0.05, 0.1) is 22.3 Å². The SMILES string of the molecule is Cc1cccc(C(=O)Cl)c1Nc1ccnc2c(C(F)(F)F)cccc12. The van der Waals surface area contributed by atoms with Crippen LogP contribution in [0.1, 0.15) is 21.5 Å². The molecule has 3 aromatic rings. The van der Waals surface area contributed by atoms with Gasteiger partial charge in [0, 0.05) is 17.3 Å². The lowest BCUT2D eigenvalue weighted by molar-refractivity contribution is -0.136. The van der Waals surface area contributed by atoms with E-state index >= 15 is 0 Å². The van der Waals surface area contributed by atoms with E-state index < -0.39 is 17.0 Å². The highest BCUT2D eigenvalue weighted by molar-refractivity contribution is 6.68. The van der Waals surface area contributed by atoms with Crippen molar-refractivity contribution in [2.75, 3.05) is 5.32 Å². The molecule has 1 heterocycles. The molecule has 0 saturated carbocycles. The minimum Gasteiger partial charge on any atom is -0.354 e. The molecular formula is C18H12ClF3N2O. The van der Waals surface area contributed by atoms with Crippen LogP contribution in [-0.2, 0) is 6.18 Å². The second-order valence-corrected chi connectivity index (χ2v) is 5.80. The molecule has 0 aliphatic heterocycles. The first-order chi connectivity index (χ1) is 11.8. The Bertz CT molecular complexity index is 970. The molecule has 0 aliphatic carbocycles. The van der Waals surface area contributed by atoms with Crippen molar-refractivity contribution in [2.24, 2.45) is 0 Å². The average molecular weight is 365 g/mol. The minimum atomic E-state index is -4.51. The number of nitrogens with one attached hydrogen (secondary N) is 1. The van der Waals surface area contributed by atoms with Crippen LogP contribution >= 0.6 is 11.6 Å². The number of benzene rings is 2. The van der Waals surface area contributed by atoms with Crippen molar-refractivity contribution in [1.82, 2.24) is 4.98 Å². The molecule has 0 fully saturated rings. The number of anilines is 2. The standard InChI is InChI=1S/C18H12ClF3N2O/c1-10-4-2-6-12(17(19)25)15(10)24-14-8-9-23-16-11(14)5-3-7-13(16)18(20,21)22/h2-9H,1H3,(H,23,24). The fourth-order valence-electron chi connectivity index (χ4n) is 2.65. The molecule has 0 atom stereocenters. The summed E-state index contributed by atoms with van der Waals surface area (Å²) in [7, 11) is 0. The van der Waals surface area contributed by atoms with Crippen molar-refractivity contribution >= 4 is 39.1 Å². The van der Waals surface area contributed by atoms with E-state index in [4.69, 9.17) is 11.6 Å². The number of hydrogen-bond donors (Lipinski definition) is 1. The van der Waals surface area contributed by atoms with Crippen molar-refractivity contribution < 1.29 is 18.0 Å². The van der Waals surface area contributed by atoms with E-state index in [1.807, 2.05) is 0 Å². The van der Waals surface area contributed by atoms with E-state index in [1.54, 1.807) is 37.3 Å². The largest absolute Gasteiger partial charge is 0.418 e. The topological polar surface area (TPSA) is 42.0 Å². The van der Waals surface area contributed by atoms with Gasteiger partial charge in [-0.05, 0) is 42.3 Å².